The highest BCUT2D eigenvalue weighted by molar-refractivity contribution is 6.62. The number of fused-ring (bicyclic) bond motifs is 1. The average Bonchev–Trinajstić information content (AvgIpc) is 3.15. The smallest absolute Gasteiger partial charge is 0.399 e. The van der Waals surface area contributed by atoms with Gasteiger partial charge >= 0.3 is 7.12 Å². The third-order valence-electron chi connectivity index (χ3n) is 7.56. The Bertz CT molecular complexity index is 1560. The summed E-state index contributed by atoms with van der Waals surface area (Å²) in [6.07, 6.45) is 0. The highest BCUT2D eigenvalue weighted by atomic mass is 16.7. The molecule has 1 aliphatic rings. The van der Waals surface area contributed by atoms with Gasteiger partial charge in [0.15, 0.2) is 5.82 Å². The van der Waals surface area contributed by atoms with Crippen molar-refractivity contribution in [3.8, 4) is 33.9 Å². The Labute approximate surface area is 218 Å². The molecule has 182 valence electrons. The highest BCUT2D eigenvalue weighted by Gasteiger charge is 2.51. The molecule has 4 nitrogen and oxygen atoms in total. The quantitative estimate of drug-likeness (QED) is 0.260. The lowest BCUT2D eigenvalue weighted by atomic mass is 9.79. The SMILES string of the molecule is CC1(C)OB(c2ccc(-c3nc(-c4ccccc4)cc(-c4cccc5ccccc45)n3)cc2)OC1(C)C. The Morgan fingerprint density at radius 2 is 1.22 bits per heavy atom. The van der Waals surface area contributed by atoms with Crippen LogP contribution in [0.25, 0.3) is 44.7 Å². The Morgan fingerprint density at radius 1 is 0.595 bits per heavy atom. The zero-order chi connectivity index (χ0) is 25.6. The molecule has 0 radical (unpaired) electrons. The summed E-state index contributed by atoms with van der Waals surface area (Å²) in [6.45, 7) is 8.27. The molecule has 5 aromatic rings. The molecule has 1 aromatic heterocycles. The molecule has 0 N–H and O–H groups in total. The molecule has 0 unspecified atom stereocenters. The van der Waals surface area contributed by atoms with Crippen molar-refractivity contribution in [2.45, 2.75) is 38.9 Å². The third-order valence-corrected chi connectivity index (χ3v) is 7.56. The van der Waals surface area contributed by atoms with E-state index in [1.807, 2.05) is 30.3 Å². The number of hydrogen-bond acceptors (Lipinski definition) is 4. The molecule has 1 aliphatic heterocycles. The topological polar surface area (TPSA) is 44.2 Å². The molecule has 37 heavy (non-hydrogen) atoms. The summed E-state index contributed by atoms with van der Waals surface area (Å²) in [6, 6.07) is 35.3. The fourth-order valence-electron chi connectivity index (χ4n) is 4.69. The minimum Gasteiger partial charge on any atom is -0.399 e. The van der Waals surface area contributed by atoms with Gasteiger partial charge in [-0.3, -0.25) is 0 Å². The lowest BCUT2D eigenvalue weighted by Crippen LogP contribution is -2.41. The highest BCUT2D eigenvalue weighted by Crippen LogP contribution is 2.37. The summed E-state index contributed by atoms with van der Waals surface area (Å²) in [7, 11) is -0.401. The Balaban J connectivity index is 1.44. The third kappa shape index (κ3) is 4.35. The minimum absolute atomic E-state index is 0.378. The molecule has 4 aromatic carbocycles. The standard InChI is InChI=1S/C32H29BN2O2/c1-31(2)32(3,4)37-33(36-31)25-19-17-24(18-20-25)30-34-28(23-12-6-5-7-13-23)21-29(35-30)27-16-10-14-22-11-8-9-15-26(22)27/h5-21H,1-4H3. The van der Waals surface area contributed by atoms with Crippen molar-refractivity contribution in [2.75, 3.05) is 0 Å². The fourth-order valence-corrected chi connectivity index (χ4v) is 4.69. The summed E-state index contributed by atoms with van der Waals surface area (Å²) in [5.41, 5.74) is 5.11. The second kappa shape index (κ2) is 8.95. The first kappa shape index (κ1) is 23.6. The molecular formula is C32H29BN2O2. The number of rotatable bonds is 4. The van der Waals surface area contributed by atoms with Crippen LogP contribution < -0.4 is 5.46 Å². The summed E-state index contributed by atoms with van der Waals surface area (Å²) in [4.78, 5) is 10.0. The molecule has 0 saturated carbocycles. The van der Waals surface area contributed by atoms with Gasteiger partial charge in [0.25, 0.3) is 0 Å². The first-order valence-electron chi connectivity index (χ1n) is 12.7. The lowest BCUT2D eigenvalue weighted by molar-refractivity contribution is 0.00578. The molecule has 0 atom stereocenters. The van der Waals surface area contributed by atoms with Crippen LogP contribution in [0.15, 0.2) is 103 Å². The number of hydrogen-bond donors (Lipinski definition) is 0. The van der Waals surface area contributed by atoms with E-state index in [9.17, 15) is 0 Å². The van der Waals surface area contributed by atoms with Crippen molar-refractivity contribution in [1.29, 1.82) is 0 Å². The van der Waals surface area contributed by atoms with Crippen LogP contribution in [0.1, 0.15) is 27.7 Å². The normalized spacial score (nSPS) is 16.3. The Morgan fingerprint density at radius 3 is 1.95 bits per heavy atom. The summed E-state index contributed by atoms with van der Waals surface area (Å²) in [5, 5.41) is 2.36. The maximum Gasteiger partial charge on any atom is 0.494 e. The molecular weight excluding hydrogens is 455 g/mol. The van der Waals surface area contributed by atoms with Gasteiger partial charge in [-0.15, -0.1) is 0 Å². The van der Waals surface area contributed by atoms with E-state index in [2.05, 4.69) is 100 Å². The van der Waals surface area contributed by atoms with Crippen LogP contribution in [0.3, 0.4) is 0 Å². The van der Waals surface area contributed by atoms with Gasteiger partial charge in [0.05, 0.1) is 22.6 Å². The van der Waals surface area contributed by atoms with Gasteiger partial charge in [0, 0.05) is 16.7 Å². The summed E-state index contributed by atoms with van der Waals surface area (Å²) in [5.74, 6) is 0.685. The van der Waals surface area contributed by atoms with Crippen molar-refractivity contribution in [3.63, 3.8) is 0 Å². The van der Waals surface area contributed by atoms with E-state index < -0.39 is 7.12 Å². The molecule has 0 spiro atoms. The monoisotopic (exact) mass is 484 g/mol. The number of aromatic nitrogens is 2. The van der Waals surface area contributed by atoms with E-state index >= 15 is 0 Å². The van der Waals surface area contributed by atoms with Crippen molar-refractivity contribution in [2.24, 2.45) is 0 Å². The van der Waals surface area contributed by atoms with Crippen LogP contribution in [0, 0.1) is 0 Å². The second-order valence-corrected chi connectivity index (χ2v) is 10.6. The average molecular weight is 484 g/mol. The minimum atomic E-state index is -0.401. The Hall–Kier alpha value is -3.80. The van der Waals surface area contributed by atoms with Gasteiger partial charge in [-0.25, -0.2) is 9.97 Å². The van der Waals surface area contributed by atoms with E-state index in [0.717, 1.165) is 33.5 Å². The molecule has 2 heterocycles. The Kier molecular flexibility index (Phi) is 5.71. The largest absolute Gasteiger partial charge is 0.494 e. The molecule has 1 saturated heterocycles. The molecule has 5 heteroatoms. The van der Waals surface area contributed by atoms with Gasteiger partial charge in [-0.05, 0) is 50.0 Å². The van der Waals surface area contributed by atoms with Crippen LogP contribution in [-0.2, 0) is 9.31 Å². The lowest BCUT2D eigenvalue weighted by Gasteiger charge is -2.32. The van der Waals surface area contributed by atoms with Crippen LogP contribution in [-0.4, -0.2) is 28.3 Å². The molecule has 1 fully saturated rings. The molecule has 0 aliphatic carbocycles. The van der Waals surface area contributed by atoms with E-state index in [0.29, 0.717) is 5.82 Å². The summed E-state index contributed by atoms with van der Waals surface area (Å²) >= 11 is 0. The van der Waals surface area contributed by atoms with Crippen LogP contribution in [0.2, 0.25) is 0 Å². The van der Waals surface area contributed by atoms with Crippen LogP contribution in [0.5, 0.6) is 0 Å². The summed E-state index contributed by atoms with van der Waals surface area (Å²) < 4.78 is 12.5. The molecule has 0 bridgehead atoms. The maximum atomic E-state index is 6.24. The van der Waals surface area contributed by atoms with E-state index in [1.54, 1.807) is 0 Å². The van der Waals surface area contributed by atoms with Crippen molar-refractivity contribution in [3.05, 3.63) is 103 Å². The van der Waals surface area contributed by atoms with E-state index in [-0.39, 0.29) is 11.2 Å². The van der Waals surface area contributed by atoms with Gasteiger partial charge in [0.2, 0.25) is 0 Å². The first-order chi connectivity index (χ1) is 17.8. The van der Waals surface area contributed by atoms with Gasteiger partial charge in [-0.1, -0.05) is 97.1 Å². The maximum absolute atomic E-state index is 6.24. The predicted octanol–water partition coefficient (Wildman–Crippen LogP) is 6.93. The van der Waals surface area contributed by atoms with Crippen molar-refractivity contribution < 1.29 is 9.31 Å². The fraction of sp³-hybridized carbons (Fsp3) is 0.188. The first-order valence-corrected chi connectivity index (χ1v) is 12.7. The van der Waals surface area contributed by atoms with E-state index in [1.165, 1.54) is 10.8 Å². The molecule has 6 rings (SSSR count). The molecule has 0 amide bonds. The van der Waals surface area contributed by atoms with Gasteiger partial charge < -0.3 is 9.31 Å². The second-order valence-electron chi connectivity index (χ2n) is 10.6. The predicted molar refractivity (Wildman–Crippen MR) is 152 cm³/mol. The van der Waals surface area contributed by atoms with E-state index in [4.69, 9.17) is 19.3 Å². The zero-order valence-corrected chi connectivity index (χ0v) is 21.6. The van der Waals surface area contributed by atoms with Gasteiger partial charge in [-0.2, -0.15) is 0 Å². The van der Waals surface area contributed by atoms with Crippen LogP contribution in [0.4, 0.5) is 0 Å². The number of nitrogens with zero attached hydrogens (tertiary/aromatic N) is 2. The van der Waals surface area contributed by atoms with Crippen molar-refractivity contribution in [1.82, 2.24) is 9.97 Å². The zero-order valence-electron chi connectivity index (χ0n) is 21.6. The van der Waals surface area contributed by atoms with Gasteiger partial charge in [0.1, 0.15) is 0 Å². The number of benzene rings is 4. The van der Waals surface area contributed by atoms with Crippen molar-refractivity contribution >= 4 is 23.4 Å². The van der Waals surface area contributed by atoms with Crippen LogP contribution >= 0.6 is 0 Å².